The number of benzene rings is 10. The second kappa shape index (κ2) is 13.8. The number of furan rings is 1. The molecule has 2 aliphatic rings. The first-order valence-corrected chi connectivity index (χ1v) is 22.3. The molecule has 0 fully saturated rings. The van der Waals surface area contributed by atoms with Crippen molar-refractivity contribution in [3.05, 3.63) is 258 Å². The number of fused-ring (bicyclic) bond motifs is 11. The molecule has 0 saturated heterocycles. The number of anilines is 3. The summed E-state index contributed by atoms with van der Waals surface area (Å²) in [6.07, 6.45) is 0. The van der Waals surface area contributed by atoms with Crippen molar-refractivity contribution in [1.29, 1.82) is 0 Å². The number of rotatable bonds is 6. The highest BCUT2D eigenvalue weighted by Gasteiger charge is 2.46. The minimum Gasteiger partial charge on any atom is -0.455 e. The predicted molar refractivity (Wildman–Crippen MR) is 266 cm³/mol. The lowest BCUT2D eigenvalue weighted by atomic mass is 9.67. The highest BCUT2D eigenvalue weighted by atomic mass is 16.3. The topological polar surface area (TPSA) is 16.4 Å². The average molecular weight is 818 g/mol. The normalized spacial score (nSPS) is 14.0. The molecule has 0 bridgehead atoms. The van der Waals surface area contributed by atoms with Crippen molar-refractivity contribution in [1.82, 2.24) is 0 Å². The van der Waals surface area contributed by atoms with Crippen LogP contribution in [0.25, 0.3) is 66.1 Å². The molecule has 2 heteroatoms. The Morgan fingerprint density at radius 3 is 1.62 bits per heavy atom. The van der Waals surface area contributed by atoms with Crippen molar-refractivity contribution in [3.8, 4) is 33.4 Å². The van der Waals surface area contributed by atoms with Gasteiger partial charge in [-0.05, 0) is 114 Å². The second-order valence-corrected chi connectivity index (χ2v) is 18.0. The molecule has 0 saturated carbocycles. The first-order valence-electron chi connectivity index (χ1n) is 22.3. The van der Waals surface area contributed by atoms with E-state index in [2.05, 4.69) is 243 Å². The molecular formula is C62H43NO. The van der Waals surface area contributed by atoms with Crippen LogP contribution in [0.15, 0.2) is 229 Å². The fourth-order valence-electron chi connectivity index (χ4n) is 11.5. The molecule has 10 aromatic carbocycles. The van der Waals surface area contributed by atoms with Crippen LogP contribution in [0.2, 0.25) is 0 Å². The molecule has 1 heterocycles. The third kappa shape index (κ3) is 5.08. The molecule has 0 radical (unpaired) electrons. The molecule has 0 atom stereocenters. The van der Waals surface area contributed by atoms with E-state index in [1.807, 2.05) is 0 Å². The van der Waals surface area contributed by atoms with Gasteiger partial charge in [-0.15, -0.1) is 0 Å². The third-order valence-corrected chi connectivity index (χ3v) is 14.3. The maximum absolute atomic E-state index is 7.10. The van der Waals surface area contributed by atoms with E-state index in [0.717, 1.165) is 50.1 Å². The van der Waals surface area contributed by atoms with Crippen LogP contribution in [0.5, 0.6) is 0 Å². The van der Waals surface area contributed by atoms with Crippen LogP contribution in [0.1, 0.15) is 47.2 Å². The zero-order valence-electron chi connectivity index (χ0n) is 35.7. The van der Waals surface area contributed by atoms with Gasteiger partial charge in [0.2, 0.25) is 0 Å². The standard InChI is InChI=1S/C62H43NO/c1-61(2)52-28-16-14-26-48(52)50-33-31-44(38-54(50)61)63(56-36-35-47(40-18-6-3-7-19-40)60-59(56)58-46-25-13-12-20-41(46)30-37-57(58)64-60)45-32-34-51-49-27-15-17-29-53(49)62(55(51)39-45,42-21-8-4-9-22-42)43-23-10-5-11-24-43/h3-39H,1-2H3. The summed E-state index contributed by atoms with van der Waals surface area (Å²) in [5, 5.41) is 4.57. The van der Waals surface area contributed by atoms with Gasteiger partial charge in [-0.3, -0.25) is 0 Å². The Kier molecular flexibility index (Phi) is 7.90. The Bertz CT molecular complexity index is 3600. The predicted octanol–water partition coefficient (Wildman–Crippen LogP) is 16.5. The van der Waals surface area contributed by atoms with E-state index in [0.29, 0.717) is 0 Å². The average Bonchev–Trinajstić information content (AvgIpc) is 3.97. The lowest BCUT2D eigenvalue weighted by molar-refractivity contribution is 0.660. The van der Waals surface area contributed by atoms with Crippen LogP contribution < -0.4 is 4.90 Å². The van der Waals surface area contributed by atoms with Crippen LogP contribution in [0.3, 0.4) is 0 Å². The monoisotopic (exact) mass is 817 g/mol. The summed E-state index contributed by atoms with van der Waals surface area (Å²) in [7, 11) is 0. The van der Waals surface area contributed by atoms with Gasteiger partial charge in [-0.25, -0.2) is 0 Å². The summed E-state index contributed by atoms with van der Waals surface area (Å²) >= 11 is 0. The Balaban J connectivity index is 1.15. The van der Waals surface area contributed by atoms with Gasteiger partial charge in [0.15, 0.2) is 0 Å². The molecule has 0 amide bonds. The van der Waals surface area contributed by atoms with Crippen LogP contribution in [-0.2, 0) is 10.8 Å². The third-order valence-electron chi connectivity index (χ3n) is 14.3. The minimum absolute atomic E-state index is 0.187. The Morgan fingerprint density at radius 1 is 0.391 bits per heavy atom. The van der Waals surface area contributed by atoms with Crippen LogP contribution in [0.4, 0.5) is 17.1 Å². The van der Waals surface area contributed by atoms with Gasteiger partial charge in [0.05, 0.1) is 16.5 Å². The van der Waals surface area contributed by atoms with Crippen molar-refractivity contribution >= 4 is 49.8 Å². The van der Waals surface area contributed by atoms with E-state index in [-0.39, 0.29) is 5.41 Å². The van der Waals surface area contributed by atoms with Gasteiger partial charge in [-0.2, -0.15) is 0 Å². The molecule has 64 heavy (non-hydrogen) atoms. The lowest BCUT2D eigenvalue weighted by Gasteiger charge is -2.35. The van der Waals surface area contributed by atoms with Crippen molar-refractivity contribution in [2.24, 2.45) is 0 Å². The summed E-state index contributed by atoms with van der Waals surface area (Å²) in [6.45, 7) is 4.74. The summed E-state index contributed by atoms with van der Waals surface area (Å²) in [6, 6.07) is 82.7. The van der Waals surface area contributed by atoms with E-state index >= 15 is 0 Å². The minimum atomic E-state index is -0.553. The van der Waals surface area contributed by atoms with E-state index in [4.69, 9.17) is 4.42 Å². The number of nitrogens with zero attached hydrogens (tertiary/aromatic N) is 1. The SMILES string of the molecule is CC1(C)c2ccccc2-c2ccc(N(c3ccc4c(c3)C(c3ccccc3)(c3ccccc3)c3ccccc3-4)c3ccc(-c4ccccc4)c4oc5ccc6ccccc6c5c34)cc21. The molecule has 13 rings (SSSR count). The van der Waals surface area contributed by atoms with Gasteiger partial charge in [0.25, 0.3) is 0 Å². The molecule has 0 spiro atoms. The van der Waals surface area contributed by atoms with Gasteiger partial charge < -0.3 is 9.32 Å². The maximum Gasteiger partial charge on any atom is 0.145 e. The van der Waals surface area contributed by atoms with Crippen molar-refractivity contribution in [2.45, 2.75) is 24.7 Å². The molecule has 0 aliphatic heterocycles. The smallest absolute Gasteiger partial charge is 0.145 e. The van der Waals surface area contributed by atoms with Crippen molar-refractivity contribution in [2.75, 3.05) is 4.90 Å². The van der Waals surface area contributed by atoms with E-state index < -0.39 is 5.41 Å². The van der Waals surface area contributed by atoms with Gasteiger partial charge >= 0.3 is 0 Å². The Morgan fingerprint density at radius 2 is 0.922 bits per heavy atom. The maximum atomic E-state index is 7.10. The molecule has 2 nitrogen and oxygen atoms in total. The molecule has 0 N–H and O–H groups in total. The van der Waals surface area contributed by atoms with Crippen molar-refractivity contribution in [3.63, 3.8) is 0 Å². The van der Waals surface area contributed by atoms with Gasteiger partial charge in [-0.1, -0.05) is 196 Å². The lowest BCUT2D eigenvalue weighted by Crippen LogP contribution is -2.28. The van der Waals surface area contributed by atoms with Crippen LogP contribution in [0, 0.1) is 0 Å². The van der Waals surface area contributed by atoms with E-state index in [1.54, 1.807) is 0 Å². The fourth-order valence-corrected chi connectivity index (χ4v) is 11.5. The van der Waals surface area contributed by atoms with Crippen LogP contribution in [-0.4, -0.2) is 0 Å². The molecule has 2 aliphatic carbocycles. The Hall–Kier alpha value is -7.94. The molecule has 0 unspecified atom stereocenters. The number of hydrogen-bond donors (Lipinski definition) is 0. The highest BCUT2D eigenvalue weighted by molar-refractivity contribution is 6.25. The van der Waals surface area contributed by atoms with Gasteiger partial charge in [0.1, 0.15) is 11.2 Å². The second-order valence-electron chi connectivity index (χ2n) is 18.0. The van der Waals surface area contributed by atoms with E-state index in [9.17, 15) is 0 Å². The molecule has 302 valence electrons. The Labute approximate surface area is 373 Å². The summed E-state index contributed by atoms with van der Waals surface area (Å²) in [4.78, 5) is 2.51. The highest BCUT2D eigenvalue weighted by Crippen LogP contribution is 2.58. The summed E-state index contributed by atoms with van der Waals surface area (Å²) < 4.78 is 7.10. The zero-order chi connectivity index (χ0) is 42.6. The first-order chi connectivity index (χ1) is 31.5. The first kappa shape index (κ1) is 36.7. The van der Waals surface area contributed by atoms with Gasteiger partial charge in [0, 0.05) is 27.7 Å². The summed E-state index contributed by atoms with van der Waals surface area (Å²) in [5.74, 6) is 0. The quantitative estimate of drug-likeness (QED) is 0.166. The molecule has 1 aromatic heterocycles. The van der Waals surface area contributed by atoms with Crippen molar-refractivity contribution < 1.29 is 4.42 Å². The molecular weight excluding hydrogens is 775 g/mol. The molecule has 11 aromatic rings. The largest absolute Gasteiger partial charge is 0.455 e. The van der Waals surface area contributed by atoms with Crippen LogP contribution >= 0.6 is 0 Å². The van der Waals surface area contributed by atoms with E-state index in [1.165, 1.54) is 66.4 Å². The number of hydrogen-bond acceptors (Lipinski definition) is 2. The zero-order valence-corrected chi connectivity index (χ0v) is 35.7. The fraction of sp³-hybridized carbons (Fsp3) is 0.0645. The summed E-state index contributed by atoms with van der Waals surface area (Å²) in [5.41, 5.74) is 19.3.